The van der Waals surface area contributed by atoms with Crippen molar-refractivity contribution in [3.63, 3.8) is 0 Å². The number of hydrazone groups is 1. The van der Waals surface area contributed by atoms with E-state index in [4.69, 9.17) is 4.74 Å². The lowest BCUT2D eigenvalue weighted by Crippen LogP contribution is -2.26. The number of phenolic OH excluding ortho intramolecular Hbond substituents is 1. The number of amides is 1. The molecule has 1 aliphatic rings. The smallest absolute Gasteiger partial charge is 0.271 e. The third-order valence-corrected chi connectivity index (χ3v) is 7.73. The van der Waals surface area contributed by atoms with Crippen molar-refractivity contribution < 1.29 is 23.1 Å². The molecule has 0 saturated heterocycles. The lowest BCUT2D eigenvalue weighted by Gasteiger charge is -2.19. The minimum atomic E-state index is -3.67. The zero-order chi connectivity index (χ0) is 25.3. The van der Waals surface area contributed by atoms with E-state index in [0.717, 1.165) is 16.3 Å². The molecule has 8 nitrogen and oxygen atoms in total. The Hall–Kier alpha value is -4.37. The number of hydrogen-bond acceptors (Lipinski definition) is 6. The lowest BCUT2D eigenvalue weighted by atomic mass is 10.1. The second-order valence-electron chi connectivity index (χ2n) is 8.17. The summed E-state index contributed by atoms with van der Waals surface area (Å²) >= 11 is 0. The number of hydrogen-bond donors (Lipinski definition) is 2. The molecule has 182 valence electrons. The van der Waals surface area contributed by atoms with Crippen LogP contribution in [0.1, 0.15) is 28.4 Å². The van der Waals surface area contributed by atoms with Crippen molar-refractivity contribution in [1.82, 2.24) is 5.43 Å². The molecule has 4 aromatic carbocycles. The minimum absolute atomic E-state index is 0.0589. The number of carbonyl (C=O) groups excluding carboxylic acids is 1. The number of ether oxygens (including phenoxy) is 1. The summed E-state index contributed by atoms with van der Waals surface area (Å²) in [6, 6.07) is 22.5. The van der Waals surface area contributed by atoms with Gasteiger partial charge in [-0.15, -0.1) is 0 Å². The molecule has 36 heavy (non-hydrogen) atoms. The zero-order valence-electron chi connectivity index (χ0n) is 19.4. The van der Waals surface area contributed by atoms with Crippen molar-refractivity contribution >= 4 is 38.6 Å². The number of benzene rings is 4. The fraction of sp³-hybridized carbons (Fsp3) is 0.111. The summed E-state index contributed by atoms with van der Waals surface area (Å²) in [6.45, 7) is 2.37. The molecular formula is C27H23N3O5S. The summed E-state index contributed by atoms with van der Waals surface area (Å²) in [4.78, 5) is 12.8. The number of anilines is 1. The van der Waals surface area contributed by atoms with Crippen molar-refractivity contribution in [2.24, 2.45) is 5.10 Å². The van der Waals surface area contributed by atoms with Gasteiger partial charge >= 0.3 is 0 Å². The van der Waals surface area contributed by atoms with Crippen molar-refractivity contribution in [2.75, 3.05) is 10.9 Å². The van der Waals surface area contributed by atoms with Gasteiger partial charge in [-0.25, -0.2) is 13.8 Å². The number of aromatic hydroxyl groups is 1. The number of sulfonamides is 1. The van der Waals surface area contributed by atoms with Gasteiger partial charge in [0.05, 0.1) is 29.9 Å². The number of para-hydroxylation sites is 1. The topological polar surface area (TPSA) is 108 Å². The Kier molecular flexibility index (Phi) is 6.07. The fourth-order valence-electron chi connectivity index (χ4n) is 4.20. The molecule has 0 spiro atoms. The van der Waals surface area contributed by atoms with E-state index in [2.05, 4.69) is 10.5 Å². The van der Waals surface area contributed by atoms with E-state index in [0.29, 0.717) is 34.1 Å². The van der Waals surface area contributed by atoms with Crippen LogP contribution in [-0.4, -0.2) is 32.3 Å². The molecule has 5 rings (SSSR count). The van der Waals surface area contributed by atoms with Gasteiger partial charge in [-0.05, 0) is 54.3 Å². The summed E-state index contributed by atoms with van der Waals surface area (Å²) in [6.07, 6.45) is 1.33. The number of nitrogens with zero attached hydrogens (tertiary/aromatic N) is 2. The predicted molar refractivity (Wildman–Crippen MR) is 138 cm³/mol. The molecule has 1 aliphatic heterocycles. The molecular weight excluding hydrogens is 478 g/mol. The first-order valence-corrected chi connectivity index (χ1v) is 12.8. The van der Waals surface area contributed by atoms with Crippen molar-refractivity contribution in [2.45, 2.75) is 18.4 Å². The van der Waals surface area contributed by atoms with Crippen LogP contribution in [0.2, 0.25) is 0 Å². The summed E-state index contributed by atoms with van der Waals surface area (Å²) < 4.78 is 33.1. The monoisotopic (exact) mass is 501 g/mol. The predicted octanol–water partition coefficient (Wildman–Crippen LogP) is 4.42. The van der Waals surface area contributed by atoms with Crippen LogP contribution >= 0.6 is 0 Å². The van der Waals surface area contributed by atoms with Crippen molar-refractivity contribution in [1.29, 1.82) is 0 Å². The Labute approximate surface area is 208 Å². The number of rotatable bonds is 7. The molecule has 0 aromatic heterocycles. The highest BCUT2D eigenvalue weighted by molar-refractivity contribution is 7.93. The highest BCUT2D eigenvalue weighted by Crippen LogP contribution is 2.42. The van der Waals surface area contributed by atoms with Crippen LogP contribution in [0.15, 0.2) is 88.9 Å². The maximum atomic E-state index is 13.2. The molecule has 0 fully saturated rings. The van der Waals surface area contributed by atoms with Crippen LogP contribution in [0, 0.1) is 0 Å². The van der Waals surface area contributed by atoms with Crippen molar-refractivity contribution in [3.05, 3.63) is 95.6 Å². The van der Waals surface area contributed by atoms with Crippen molar-refractivity contribution in [3.8, 4) is 11.5 Å². The second kappa shape index (κ2) is 9.35. The van der Waals surface area contributed by atoms with E-state index in [1.165, 1.54) is 10.5 Å². The Morgan fingerprint density at radius 3 is 2.50 bits per heavy atom. The molecule has 0 saturated carbocycles. The Balaban J connectivity index is 1.29. The zero-order valence-corrected chi connectivity index (χ0v) is 20.2. The standard InChI is InChI=1S/C27H23N3O5S/c1-2-35-23-10-4-8-21(26(23)31)16-28-29-27(32)20-14-12-18(13-15-20)17-30-22-9-3-6-19-7-5-11-24(25(19)22)36(30,33)34/h3-16,31H,2,17H2,1H3,(H,29,32). The van der Waals surface area contributed by atoms with Gasteiger partial charge < -0.3 is 9.84 Å². The highest BCUT2D eigenvalue weighted by atomic mass is 32.2. The fourth-order valence-corrected chi connectivity index (χ4v) is 5.89. The number of carbonyl (C=O) groups is 1. The molecule has 0 atom stereocenters. The minimum Gasteiger partial charge on any atom is -0.504 e. The van der Waals surface area contributed by atoms with E-state index in [1.807, 2.05) is 25.1 Å². The van der Waals surface area contributed by atoms with Gasteiger partial charge in [-0.3, -0.25) is 9.10 Å². The molecule has 0 unspecified atom stereocenters. The van der Waals surface area contributed by atoms with Crippen LogP contribution in [0.25, 0.3) is 10.8 Å². The van der Waals surface area contributed by atoms with Gasteiger partial charge in [0, 0.05) is 16.5 Å². The molecule has 0 aliphatic carbocycles. The van der Waals surface area contributed by atoms with Gasteiger partial charge in [-0.2, -0.15) is 5.10 Å². The van der Waals surface area contributed by atoms with Gasteiger partial charge in [-0.1, -0.05) is 42.5 Å². The van der Waals surface area contributed by atoms with Gasteiger partial charge in [0.1, 0.15) is 0 Å². The maximum absolute atomic E-state index is 13.2. The normalized spacial score (nSPS) is 13.9. The molecule has 0 radical (unpaired) electrons. The van der Waals surface area contributed by atoms with Gasteiger partial charge in [0.15, 0.2) is 11.5 Å². The first-order valence-electron chi connectivity index (χ1n) is 11.3. The van der Waals surface area contributed by atoms with Crippen LogP contribution < -0.4 is 14.5 Å². The molecule has 4 aromatic rings. The van der Waals surface area contributed by atoms with E-state index >= 15 is 0 Å². The summed E-state index contributed by atoms with van der Waals surface area (Å²) in [5.74, 6) is -0.164. The third kappa shape index (κ3) is 4.14. The largest absolute Gasteiger partial charge is 0.504 e. The Morgan fingerprint density at radius 2 is 1.75 bits per heavy atom. The molecule has 9 heteroatoms. The number of phenols is 1. The second-order valence-corrected chi connectivity index (χ2v) is 10.00. The quantitative estimate of drug-likeness (QED) is 0.288. The van der Waals surface area contributed by atoms with E-state index < -0.39 is 15.9 Å². The third-order valence-electron chi connectivity index (χ3n) is 5.92. The molecule has 1 heterocycles. The van der Waals surface area contributed by atoms with E-state index in [9.17, 15) is 18.3 Å². The summed E-state index contributed by atoms with van der Waals surface area (Å²) in [5.41, 5.74) is 4.58. The first kappa shape index (κ1) is 23.4. The van der Waals surface area contributed by atoms with Crippen LogP contribution in [0.4, 0.5) is 5.69 Å². The Bertz CT molecular complexity index is 1590. The van der Waals surface area contributed by atoms with Crippen LogP contribution in [0.5, 0.6) is 11.5 Å². The van der Waals surface area contributed by atoms with Crippen LogP contribution in [0.3, 0.4) is 0 Å². The van der Waals surface area contributed by atoms with E-state index in [1.54, 1.807) is 60.7 Å². The number of nitrogens with one attached hydrogen (secondary N) is 1. The highest BCUT2D eigenvalue weighted by Gasteiger charge is 2.35. The lowest BCUT2D eigenvalue weighted by molar-refractivity contribution is 0.0955. The average molecular weight is 502 g/mol. The van der Waals surface area contributed by atoms with E-state index in [-0.39, 0.29) is 12.3 Å². The molecule has 0 bridgehead atoms. The average Bonchev–Trinajstić information content (AvgIpc) is 3.10. The maximum Gasteiger partial charge on any atom is 0.271 e. The summed E-state index contributed by atoms with van der Waals surface area (Å²) in [5, 5.41) is 15.7. The molecule has 2 N–H and O–H groups in total. The Morgan fingerprint density at radius 1 is 1.03 bits per heavy atom. The van der Waals surface area contributed by atoms with Gasteiger partial charge in [0.2, 0.25) is 0 Å². The molecule has 1 amide bonds. The summed E-state index contributed by atoms with van der Waals surface area (Å²) in [7, 11) is -3.67. The first-order chi connectivity index (χ1) is 17.4. The van der Waals surface area contributed by atoms with Crippen LogP contribution in [-0.2, 0) is 16.6 Å². The SMILES string of the molecule is CCOc1cccc(C=NNC(=O)c2ccc(CN3c4cccc5cccc(c45)S3(=O)=O)cc2)c1O. The van der Waals surface area contributed by atoms with Gasteiger partial charge in [0.25, 0.3) is 15.9 Å².